The summed E-state index contributed by atoms with van der Waals surface area (Å²) in [5.41, 5.74) is 2.26. The molecule has 0 atom stereocenters. The molecule has 3 heteroatoms. The molecule has 3 nitrogen and oxygen atoms in total. The Bertz CT molecular complexity index is 190. The molecule has 50 valence electrons. The average Bonchev–Trinajstić information content (AvgIpc) is 2.13. The molecule has 0 amide bonds. The van der Waals surface area contributed by atoms with Gasteiger partial charge in [0.2, 0.25) is 0 Å². The molecule has 0 bridgehead atoms. The second kappa shape index (κ2) is 2.09. The van der Waals surface area contributed by atoms with Gasteiger partial charge < -0.3 is 4.90 Å². The van der Waals surface area contributed by atoms with Crippen molar-refractivity contribution in [1.29, 1.82) is 0 Å². The second-order valence-corrected chi connectivity index (χ2v) is 2.27. The molecule has 0 aliphatic carbocycles. The zero-order chi connectivity index (χ0) is 6.85. The molecular weight excluding hydrogens is 114 g/mol. The summed E-state index contributed by atoms with van der Waals surface area (Å²) in [5.74, 6) is 0. The number of H-pyrrole nitrogens is 1. The molecule has 0 fully saturated rings. The topological polar surface area (TPSA) is 31.9 Å². The van der Waals surface area contributed by atoms with Crippen LogP contribution in [0, 0.1) is 6.92 Å². The van der Waals surface area contributed by atoms with E-state index in [0.29, 0.717) is 0 Å². The third-order valence-electron chi connectivity index (χ3n) is 1.29. The van der Waals surface area contributed by atoms with Crippen molar-refractivity contribution in [3.63, 3.8) is 0 Å². The number of hydrogen-bond acceptors (Lipinski definition) is 2. The molecule has 1 aromatic rings. The molecule has 0 saturated heterocycles. The third kappa shape index (κ3) is 1.04. The van der Waals surface area contributed by atoms with E-state index in [-0.39, 0.29) is 0 Å². The van der Waals surface area contributed by atoms with Gasteiger partial charge in [0.15, 0.2) is 0 Å². The van der Waals surface area contributed by atoms with Gasteiger partial charge in [-0.05, 0) is 6.92 Å². The van der Waals surface area contributed by atoms with Gasteiger partial charge in [-0.25, -0.2) is 0 Å². The molecular formula is C6H11N3. The van der Waals surface area contributed by atoms with Crippen LogP contribution in [0.4, 0.5) is 5.69 Å². The van der Waals surface area contributed by atoms with Crippen molar-refractivity contribution in [2.45, 2.75) is 6.92 Å². The van der Waals surface area contributed by atoms with Crippen molar-refractivity contribution < 1.29 is 0 Å². The fraction of sp³-hybridized carbons (Fsp3) is 0.500. The zero-order valence-electron chi connectivity index (χ0n) is 5.97. The van der Waals surface area contributed by atoms with Crippen LogP contribution < -0.4 is 4.90 Å². The summed E-state index contributed by atoms with van der Waals surface area (Å²) in [7, 11) is 4.00. The van der Waals surface area contributed by atoms with Crippen LogP contribution >= 0.6 is 0 Å². The first-order valence-electron chi connectivity index (χ1n) is 2.89. The summed E-state index contributed by atoms with van der Waals surface area (Å²) < 4.78 is 0. The predicted molar refractivity (Wildman–Crippen MR) is 37.7 cm³/mol. The summed E-state index contributed by atoms with van der Waals surface area (Å²) in [6.07, 6.45) is 1.81. The fourth-order valence-electron chi connectivity index (χ4n) is 0.795. The Balaban J connectivity index is 2.94. The van der Waals surface area contributed by atoms with Crippen LogP contribution in [-0.4, -0.2) is 24.3 Å². The Morgan fingerprint density at radius 3 is 2.44 bits per heavy atom. The maximum absolute atomic E-state index is 3.88. The van der Waals surface area contributed by atoms with Crippen LogP contribution in [0.2, 0.25) is 0 Å². The minimum Gasteiger partial charge on any atom is -0.375 e. The Morgan fingerprint density at radius 1 is 1.56 bits per heavy atom. The van der Waals surface area contributed by atoms with E-state index in [1.807, 2.05) is 32.1 Å². The first kappa shape index (κ1) is 6.13. The van der Waals surface area contributed by atoms with Crippen molar-refractivity contribution in [2.75, 3.05) is 19.0 Å². The predicted octanol–water partition coefficient (Wildman–Crippen LogP) is 0.784. The maximum atomic E-state index is 3.88. The lowest BCUT2D eigenvalue weighted by molar-refractivity contribution is 1.04. The van der Waals surface area contributed by atoms with Crippen molar-refractivity contribution in [3.8, 4) is 0 Å². The zero-order valence-corrected chi connectivity index (χ0v) is 5.97. The lowest BCUT2D eigenvalue weighted by atomic mass is 10.4. The van der Waals surface area contributed by atoms with Crippen molar-refractivity contribution in [1.82, 2.24) is 10.2 Å². The van der Waals surface area contributed by atoms with E-state index in [2.05, 4.69) is 10.2 Å². The molecule has 0 radical (unpaired) electrons. The second-order valence-electron chi connectivity index (χ2n) is 2.27. The Labute approximate surface area is 54.7 Å². The molecule has 1 rings (SSSR count). The number of nitrogens with one attached hydrogen (secondary N) is 1. The van der Waals surface area contributed by atoms with Crippen LogP contribution in [0.3, 0.4) is 0 Å². The highest BCUT2D eigenvalue weighted by atomic mass is 15.2. The van der Waals surface area contributed by atoms with E-state index in [1.54, 1.807) is 0 Å². The van der Waals surface area contributed by atoms with Gasteiger partial charge in [0.25, 0.3) is 0 Å². The number of hydrogen-bond donors (Lipinski definition) is 1. The van der Waals surface area contributed by atoms with Crippen LogP contribution in [0.1, 0.15) is 5.69 Å². The van der Waals surface area contributed by atoms with Gasteiger partial charge in [-0.3, -0.25) is 5.10 Å². The Kier molecular flexibility index (Phi) is 1.42. The summed E-state index contributed by atoms with van der Waals surface area (Å²) >= 11 is 0. The minimum absolute atomic E-state index is 1.11. The average molecular weight is 125 g/mol. The first-order chi connectivity index (χ1) is 4.22. The highest BCUT2D eigenvalue weighted by Gasteiger charge is 1.99. The number of nitrogens with zero attached hydrogens (tertiary/aromatic N) is 2. The summed E-state index contributed by atoms with van der Waals surface area (Å²) in [6.45, 7) is 2.00. The summed E-state index contributed by atoms with van der Waals surface area (Å²) in [4.78, 5) is 2.03. The van der Waals surface area contributed by atoms with Gasteiger partial charge >= 0.3 is 0 Å². The monoisotopic (exact) mass is 125 g/mol. The molecule has 0 aliphatic heterocycles. The van der Waals surface area contributed by atoms with Crippen molar-refractivity contribution in [2.24, 2.45) is 0 Å². The number of aromatic nitrogens is 2. The fourth-order valence-corrected chi connectivity index (χ4v) is 0.795. The highest BCUT2D eigenvalue weighted by Crippen LogP contribution is 2.11. The Hall–Kier alpha value is -0.990. The molecule has 0 spiro atoms. The number of anilines is 1. The van der Waals surface area contributed by atoms with Crippen LogP contribution in [0.25, 0.3) is 0 Å². The molecule has 1 N–H and O–H groups in total. The lowest BCUT2D eigenvalue weighted by Crippen LogP contribution is -2.08. The summed E-state index contributed by atoms with van der Waals surface area (Å²) in [5, 5.41) is 6.73. The van der Waals surface area contributed by atoms with E-state index in [1.165, 1.54) is 0 Å². The van der Waals surface area contributed by atoms with Gasteiger partial charge in [-0.1, -0.05) is 0 Å². The van der Waals surface area contributed by atoms with Crippen molar-refractivity contribution >= 4 is 5.69 Å². The van der Waals surface area contributed by atoms with E-state index in [4.69, 9.17) is 0 Å². The number of rotatable bonds is 1. The van der Waals surface area contributed by atoms with Crippen molar-refractivity contribution in [3.05, 3.63) is 11.9 Å². The highest BCUT2D eigenvalue weighted by molar-refractivity contribution is 5.46. The lowest BCUT2D eigenvalue weighted by Gasteiger charge is -2.08. The third-order valence-corrected chi connectivity index (χ3v) is 1.29. The Morgan fingerprint density at radius 2 is 2.22 bits per heavy atom. The molecule has 0 aliphatic rings. The molecule has 1 aromatic heterocycles. The molecule has 0 saturated carbocycles. The maximum Gasteiger partial charge on any atom is 0.0774 e. The standard InChI is InChI=1S/C6H11N3/c1-5-6(9(2)3)4-7-8-5/h4H,1-3H3,(H,7,8). The van der Waals surface area contributed by atoms with Gasteiger partial charge in [-0.15, -0.1) is 0 Å². The van der Waals surface area contributed by atoms with Gasteiger partial charge in [0, 0.05) is 14.1 Å². The SMILES string of the molecule is Cc1[nH]ncc1N(C)C. The molecule has 0 unspecified atom stereocenters. The van der Waals surface area contributed by atoms with Crippen LogP contribution in [0.5, 0.6) is 0 Å². The normalized spacial score (nSPS) is 9.67. The van der Waals surface area contributed by atoms with Crippen LogP contribution in [0.15, 0.2) is 6.20 Å². The first-order valence-corrected chi connectivity index (χ1v) is 2.89. The summed E-state index contributed by atoms with van der Waals surface area (Å²) in [6, 6.07) is 0. The van der Waals surface area contributed by atoms with Gasteiger partial charge in [0.05, 0.1) is 17.6 Å². The smallest absolute Gasteiger partial charge is 0.0774 e. The number of aryl methyl sites for hydroxylation is 1. The van der Waals surface area contributed by atoms with Gasteiger partial charge in [-0.2, -0.15) is 5.10 Å². The van der Waals surface area contributed by atoms with E-state index >= 15 is 0 Å². The molecule has 1 heterocycles. The largest absolute Gasteiger partial charge is 0.375 e. The number of aromatic amines is 1. The van der Waals surface area contributed by atoms with E-state index in [9.17, 15) is 0 Å². The van der Waals surface area contributed by atoms with Crippen LogP contribution in [-0.2, 0) is 0 Å². The molecule has 0 aromatic carbocycles. The quantitative estimate of drug-likeness (QED) is 0.601. The van der Waals surface area contributed by atoms with E-state index < -0.39 is 0 Å². The van der Waals surface area contributed by atoms with E-state index in [0.717, 1.165) is 11.4 Å². The van der Waals surface area contributed by atoms with Gasteiger partial charge in [0.1, 0.15) is 0 Å². The molecule has 9 heavy (non-hydrogen) atoms. The minimum atomic E-state index is 1.11.